The van der Waals surface area contributed by atoms with Gasteiger partial charge in [0.25, 0.3) is 11.6 Å². The van der Waals surface area contributed by atoms with Crippen molar-refractivity contribution in [2.75, 3.05) is 32.6 Å². The number of methoxy groups -OCH3 is 2. The van der Waals surface area contributed by atoms with E-state index in [1.165, 1.54) is 19.2 Å². The van der Waals surface area contributed by atoms with Gasteiger partial charge in [-0.1, -0.05) is 12.1 Å². The van der Waals surface area contributed by atoms with Crippen LogP contribution in [0.3, 0.4) is 0 Å². The lowest BCUT2D eigenvalue weighted by Gasteiger charge is -2.32. The summed E-state index contributed by atoms with van der Waals surface area (Å²) >= 11 is 0. The zero-order chi connectivity index (χ0) is 24.1. The Balaban J connectivity index is 1.31. The fourth-order valence-electron chi connectivity index (χ4n) is 3.91. The molecular weight excluding hydrogens is 440 g/mol. The molecule has 0 atom stereocenters. The van der Waals surface area contributed by atoms with Crippen molar-refractivity contribution in [1.82, 2.24) is 20.2 Å². The van der Waals surface area contributed by atoms with Gasteiger partial charge in [0.05, 0.1) is 30.2 Å². The third-order valence-corrected chi connectivity index (χ3v) is 5.74. The number of anilines is 1. The van der Waals surface area contributed by atoms with E-state index >= 15 is 0 Å². The number of benzene rings is 2. The van der Waals surface area contributed by atoms with Crippen LogP contribution in [0.1, 0.15) is 18.4 Å². The van der Waals surface area contributed by atoms with Crippen LogP contribution < -0.4 is 20.1 Å². The van der Waals surface area contributed by atoms with Gasteiger partial charge in [0.2, 0.25) is 0 Å². The van der Waals surface area contributed by atoms with Crippen LogP contribution in [0.5, 0.6) is 11.6 Å². The number of urea groups is 1. The fraction of sp³-hybridized carbons (Fsp3) is 0.348. The van der Waals surface area contributed by atoms with Crippen molar-refractivity contribution >= 4 is 28.6 Å². The van der Waals surface area contributed by atoms with E-state index < -0.39 is 4.92 Å². The van der Waals surface area contributed by atoms with E-state index in [9.17, 15) is 14.9 Å². The van der Waals surface area contributed by atoms with E-state index in [4.69, 9.17) is 9.47 Å². The van der Waals surface area contributed by atoms with Crippen LogP contribution in [0.15, 0.2) is 42.5 Å². The van der Waals surface area contributed by atoms with Crippen LogP contribution in [0.25, 0.3) is 11.0 Å². The number of piperidine rings is 1. The fourth-order valence-corrected chi connectivity index (χ4v) is 3.91. The summed E-state index contributed by atoms with van der Waals surface area (Å²) in [6.45, 7) is 2.33. The third-order valence-electron chi connectivity index (χ3n) is 5.74. The first-order chi connectivity index (χ1) is 16.4. The number of amides is 2. The van der Waals surface area contributed by atoms with Gasteiger partial charge in [-0.25, -0.2) is 14.8 Å². The number of aromatic nitrogens is 2. The summed E-state index contributed by atoms with van der Waals surface area (Å²) in [5, 5.41) is 16.5. The van der Waals surface area contributed by atoms with Crippen molar-refractivity contribution in [3.05, 3.63) is 58.1 Å². The number of hydrogen-bond donors (Lipinski definition) is 2. The van der Waals surface area contributed by atoms with Crippen LogP contribution in [0, 0.1) is 10.1 Å². The molecule has 0 bridgehead atoms. The number of hydrogen-bond acceptors (Lipinski definition) is 8. The number of likely N-dealkylation sites (tertiary alicyclic amines) is 1. The van der Waals surface area contributed by atoms with Gasteiger partial charge in [-0.3, -0.25) is 20.3 Å². The van der Waals surface area contributed by atoms with E-state index in [1.54, 1.807) is 37.4 Å². The molecular formula is C23H26N6O5. The van der Waals surface area contributed by atoms with Gasteiger partial charge < -0.3 is 14.8 Å². The van der Waals surface area contributed by atoms with Crippen LogP contribution in [0.4, 0.5) is 16.3 Å². The first kappa shape index (κ1) is 23.2. The van der Waals surface area contributed by atoms with Crippen molar-refractivity contribution in [2.24, 2.45) is 0 Å². The number of ether oxygens (including phenoxy) is 2. The van der Waals surface area contributed by atoms with E-state index in [0.717, 1.165) is 31.5 Å². The van der Waals surface area contributed by atoms with Crippen LogP contribution in [0.2, 0.25) is 0 Å². The topological polar surface area (TPSA) is 132 Å². The molecule has 2 amide bonds. The standard InChI is InChI=1S/C23H26N6O5/c1-33-18-7-8-19-20(13-18)25-21(22(26-19)34-2)27-23(30)24-16-9-11-28(12-10-16)14-15-3-5-17(6-4-15)29(31)32/h3-8,13,16H,9-12,14H2,1-2H3,(H2,24,25,27,30). The highest BCUT2D eigenvalue weighted by Crippen LogP contribution is 2.26. The van der Waals surface area contributed by atoms with Gasteiger partial charge in [-0.2, -0.15) is 0 Å². The summed E-state index contributed by atoms with van der Waals surface area (Å²) < 4.78 is 10.5. The Labute approximate surface area is 196 Å². The molecule has 2 aromatic carbocycles. The van der Waals surface area contributed by atoms with E-state index in [2.05, 4.69) is 25.5 Å². The Morgan fingerprint density at radius 3 is 2.47 bits per heavy atom. The number of fused-ring (bicyclic) bond motifs is 1. The average molecular weight is 466 g/mol. The van der Waals surface area contributed by atoms with E-state index in [-0.39, 0.29) is 29.5 Å². The highest BCUT2D eigenvalue weighted by atomic mass is 16.6. The summed E-state index contributed by atoms with van der Waals surface area (Å²) in [5.41, 5.74) is 2.32. The second-order valence-corrected chi connectivity index (χ2v) is 8.01. The van der Waals surface area contributed by atoms with Gasteiger partial charge in [0.15, 0.2) is 5.82 Å². The number of carbonyl (C=O) groups excluding carboxylic acids is 1. The number of non-ortho nitro benzene ring substituents is 1. The quantitative estimate of drug-likeness (QED) is 0.400. The van der Waals surface area contributed by atoms with Gasteiger partial charge in [-0.05, 0) is 30.5 Å². The molecule has 2 heterocycles. The smallest absolute Gasteiger partial charge is 0.320 e. The highest BCUT2D eigenvalue weighted by molar-refractivity contribution is 5.91. The van der Waals surface area contributed by atoms with Gasteiger partial charge in [0, 0.05) is 43.9 Å². The second-order valence-electron chi connectivity index (χ2n) is 8.01. The van der Waals surface area contributed by atoms with Crippen LogP contribution >= 0.6 is 0 Å². The van der Waals surface area contributed by atoms with Gasteiger partial charge in [0.1, 0.15) is 5.75 Å². The molecule has 11 heteroatoms. The minimum Gasteiger partial charge on any atom is -0.497 e. The summed E-state index contributed by atoms with van der Waals surface area (Å²) in [7, 11) is 3.05. The lowest BCUT2D eigenvalue weighted by atomic mass is 10.0. The minimum atomic E-state index is -0.401. The molecule has 34 heavy (non-hydrogen) atoms. The molecule has 0 unspecified atom stereocenters. The maximum Gasteiger partial charge on any atom is 0.320 e. The normalized spacial score (nSPS) is 14.5. The van der Waals surface area contributed by atoms with E-state index in [1.807, 2.05) is 0 Å². The lowest BCUT2D eigenvalue weighted by molar-refractivity contribution is -0.384. The van der Waals surface area contributed by atoms with Crippen molar-refractivity contribution in [3.63, 3.8) is 0 Å². The summed E-state index contributed by atoms with van der Waals surface area (Å²) in [4.78, 5) is 34.2. The average Bonchev–Trinajstić information content (AvgIpc) is 2.84. The zero-order valence-corrected chi connectivity index (χ0v) is 19.0. The molecule has 4 rings (SSSR count). The van der Waals surface area contributed by atoms with E-state index in [0.29, 0.717) is 23.3 Å². The molecule has 1 fully saturated rings. The summed E-state index contributed by atoms with van der Waals surface area (Å²) in [6.07, 6.45) is 1.58. The molecule has 2 N–H and O–H groups in total. The molecule has 1 saturated heterocycles. The predicted octanol–water partition coefficient (Wildman–Crippen LogP) is 3.34. The minimum absolute atomic E-state index is 0.0209. The second kappa shape index (κ2) is 10.3. The molecule has 0 radical (unpaired) electrons. The predicted molar refractivity (Wildman–Crippen MR) is 126 cm³/mol. The van der Waals surface area contributed by atoms with Gasteiger partial charge >= 0.3 is 6.03 Å². The molecule has 178 valence electrons. The maximum atomic E-state index is 12.6. The van der Waals surface area contributed by atoms with Gasteiger partial charge in [-0.15, -0.1) is 0 Å². The number of nitro benzene ring substituents is 1. The Bertz CT molecular complexity index is 1180. The molecule has 3 aromatic rings. The molecule has 1 aromatic heterocycles. The number of nitro groups is 1. The molecule has 1 aliphatic rings. The zero-order valence-electron chi connectivity index (χ0n) is 19.0. The molecule has 0 spiro atoms. The van der Waals surface area contributed by atoms with Crippen molar-refractivity contribution in [1.29, 1.82) is 0 Å². The highest BCUT2D eigenvalue weighted by Gasteiger charge is 2.22. The number of rotatable bonds is 7. The third kappa shape index (κ3) is 5.49. The molecule has 0 aliphatic carbocycles. The molecule has 1 aliphatic heterocycles. The molecule has 11 nitrogen and oxygen atoms in total. The largest absolute Gasteiger partial charge is 0.497 e. The summed E-state index contributed by atoms with van der Waals surface area (Å²) in [5.74, 6) is 1.10. The van der Waals surface area contributed by atoms with Crippen molar-refractivity contribution in [3.8, 4) is 11.6 Å². The Morgan fingerprint density at radius 2 is 1.82 bits per heavy atom. The first-order valence-corrected chi connectivity index (χ1v) is 10.9. The molecule has 0 saturated carbocycles. The monoisotopic (exact) mass is 466 g/mol. The summed E-state index contributed by atoms with van der Waals surface area (Å²) in [6, 6.07) is 11.6. The SMILES string of the molecule is COc1ccc2nc(OC)c(NC(=O)NC3CCN(Cc4ccc([N+](=O)[O-])cc4)CC3)nc2c1. The lowest BCUT2D eigenvalue weighted by Crippen LogP contribution is -2.45. The first-order valence-electron chi connectivity index (χ1n) is 10.9. The number of carbonyl (C=O) groups is 1. The van der Waals surface area contributed by atoms with Crippen molar-refractivity contribution < 1.29 is 19.2 Å². The van der Waals surface area contributed by atoms with Crippen LogP contribution in [-0.4, -0.2) is 59.2 Å². The number of nitrogens with zero attached hydrogens (tertiary/aromatic N) is 4. The van der Waals surface area contributed by atoms with Crippen molar-refractivity contribution in [2.45, 2.75) is 25.4 Å². The number of nitrogens with one attached hydrogen (secondary N) is 2. The Kier molecular flexibility index (Phi) is 7.02. The van der Waals surface area contributed by atoms with Crippen LogP contribution in [-0.2, 0) is 6.54 Å². The Morgan fingerprint density at radius 1 is 1.09 bits per heavy atom. The maximum absolute atomic E-state index is 12.6. The Hall–Kier alpha value is -3.99.